The molecular weight excluding hydrogens is 495 g/mol. The van der Waals surface area contributed by atoms with Crippen LogP contribution in [0.4, 0.5) is 15.8 Å². The highest BCUT2D eigenvalue weighted by atomic mass is 35.5. The van der Waals surface area contributed by atoms with E-state index in [0.29, 0.717) is 5.56 Å². The lowest BCUT2D eigenvalue weighted by atomic mass is 10.2. The van der Waals surface area contributed by atoms with Gasteiger partial charge >= 0.3 is 0 Å². The average Bonchev–Trinajstić information content (AvgIpc) is 2.85. The molecule has 0 spiro atoms. The van der Waals surface area contributed by atoms with E-state index in [0.717, 1.165) is 0 Å². The third-order valence-corrected chi connectivity index (χ3v) is 4.83. The number of hydrazone groups is 1. The first-order valence-electron chi connectivity index (χ1n) is 10.5. The van der Waals surface area contributed by atoms with Crippen LogP contribution in [-0.4, -0.2) is 36.2 Å². The predicted molar refractivity (Wildman–Crippen MR) is 131 cm³/mol. The fourth-order valence-electron chi connectivity index (χ4n) is 2.92. The second kappa shape index (κ2) is 12.3. The zero-order valence-electron chi connectivity index (χ0n) is 18.9. The van der Waals surface area contributed by atoms with E-state index < -0.39 is 29.2 Å². The first-order valence-corrected chi connectivity index (χ1v) is 10.9. The van der Waals surface area contributed by atoms with Crippen molar-refractivity contribution in [3.63, 3.8) is 0 Å². The summed E-state index contributed by atoms with van der Waals surface area (Å²) in [5.41, 5.74) is 2.83. The minimum Gasteiger partial charge on any atom is -0.490 e. The molecule has 0 atom stereocenters. The van der Waals surface area contributed by atoms with Crippen molar-refractivity contribution in [1.29, 1.82) is 0 Å². The van der Waals surface area contributed by atoms with Crippen molar-refractivity contribution in [3.8, 4) is 11.5 Å². The number of nitrogens with one attached hydrogen (secondary N) is 2. The van der Waals surface area contributed by atoms with Gasteiger partial charge in [0.05, 0.1) is 28.5 Å². The average molecular weight is 515 g/mol. The van der Waals surface area contributed by atoms with Crippen LogP contribution in [0.15, 0.2) is 65.8 Å². The van der Waals surface area contributed by atoms with E-state index in [4.69, 9.17) is 21.1 Å². The minimum atomic E-state index is -0.599. The summed E-state index contributed by atoms with van der Waals surface area (Å²) in [6.07, 6.45) is 1.31. The fraction of sp³-hybridized carbons (Fsp3) is 0.125. The van der Waals surface area contributed by atoms with Gasteiger partial charge in [0, 0.05) is 17.7 Å². The molecule has 2 amide bonds. The van der Waals surface area contributed by atoms with E-state index in [9.17, 15) is 24.1 Å². The maximum atomic E-state index is 13.7. The highest BCUT2D eigenvalue weighted by molar-refractivity contribution is 6.32. The summed E-state index contributed by atoms with van der Waals surface area (Å²) in [5.74, 6) is -1.42. The lowest BCUT2D eigenvalue weighted by Crippen LogP contribution is -2.21. The number of ether oxygens (including phenoxy) is 2. The highest BCUT2D eigenvalue weighted by Crippen LogP contribution is 2.36. The molecule has 0 aromatic heterocycles. The number of nitro groups is 1. The molecule has 10 nitrogen and oxygen atoms in total. The van der Waals surface area contributed by atoms with Gasteiger partial charge < -0.3 is 14.8 Å². The molecule has 186 valence electrons. The van der Waals surface area contributed by atoms with E-state index in [1.807, 2.05) is 0 Å². The SMILES string of the molecule is CCOc1cc(/C=N/NC(=O)c2ccc([N+](=O)[O-])cc2)cc(Cl)c1OCC(=O)Nc1ccccc1F. The van der Waals surface area contributed by atoms with Gasteiger partial charge in [-0.2, -0.15) is 5.10 Å². The lowest BCUT2D eigenvalue weighted by Gasteiger charge is -2.14. The summed E-state index contributed by atoms with van der Waals surface area (Å²) >= 11 is 6.32. The van der Waals surface area contributed by atoms with Crippen molar-refractivity contribution in [2.45, 2.75) is 6.92 Å². The second-order valence-electron chi connectivity index (χ2n) is 7.08. The zero-order valence-corrected chi connectivity index (χ0v) is 19.6. The van der Waals surface area contributed by atoms with E-state index in [2.05, 4.69) is 15.8 Å². The molecule has 0 bridgehead atoms. The van der Waals surface area contributed by atoms with Crippen LogP contribution in [0.25, 0.3) is 0 Å². The van der Waals surface area contributed by atoms with Crippen molar-refractivity contribution in [2.24, 2.45) is 5.10 Å². The van der Waals surface area contributed by atoms with Crippen LogP contribution in [0.1, 0.15) is 22.8 Å². The summed E-state index contributed by atoms with van der Waals surface area (Å²) < 4.78 is 24.8. The van der Waals surface area contributed by atoms with E-state index in [1.165, 1.54) is 54.7 Å². The van der Waals surface area contributed by atoms with Crippen LogP contribution in [0.2, 0.25) is 5.02 Å². The highest BCUT2D eigenvalue weighted by Gasteiger charge is 2.15. The summed E-state index contributed by atoms with van der Waals surface area (Å²) in [7, 11) is 0. The number of para-hydroxylation sites is 1. The van der Waals surface area contributed by atoms with Crippen molar-refractivity contribution < 1.29 is 28.4 Å². The number of rotatable bonds is 10. The number of anilines is 1. The Morgan fingerprint density at radius 3 is 2.53 bits per heavy atom. The Morgan fingerprint density at radius 1 is 1.14 bits per heavy atom. The molecule has 0 fully saturated rings. The van der Waals surface area contributed by atoms with Gasteiger partial charge in [-0.3, -0.25) is 19.7 Å². The molecule has 0 aliphatic carbocycles. The molecule has 12 heteroatoms. The van der Waals surface area contributed by atoms with Gasteiger partial charge in [0.15, 0.2) is 18.1 Å². The summed E-state index contributed by atoms with van der Waals surface area (Å²) in [5, 5.41) is 17.1. The van der Waals surface area contributed by atoms with Gasteiger partial charge in [0.25, 0.3) is 17.5 Å². The Kier molecular flexibility index (Phi) is 8.89. The van der Waals surface area contributed by atoms with Crippen LogP contribution in [0.5, 0.6) is 11.5 Å². The standard InChI is InChI=1S/C24H20ClFN4O6/c1-2-35-21-12-15(13-27-29-24(32)16-7-9-17(10-8-16)30(33)34)11-18(25)23(21)36-14-22(31)28-20-6-4-3-5-19(20)26/h3-13H,2,14H2,1H3,(H,28,31)(H,29,32)/b27-13+. The van der Waals surface area contributed by atoms with E-state index in [-0.39, 0.29) is 40.1 Å². The van der Waals surface area contributed by atoms with E-state index >= 15 is 0 Å². The first-order chi connectivity index (χ1) is 17.3. The van der Waals surface area contributed by atoms with Crippen LogP contribution in [0.3, 0.4) is 0 Å². The van der Waals surface area contributed by atoms with Gasteiger partial charge in [0.2, 0.25) is 0 Å². The number of hydrogen-bond donors (Lipinski definition) is 2. The molecule has 2 N–H and O–H groups in total. The predicted octanol–water partition coefficient (Wildman–Crippen LogP) is 4.57. The number of carbonyl (C=O) groups is 2. The number of non-ortho nitro benzene ring substituents is 1. The Labute approximate surface area is 209 Å². The van der Waals surface area contributed by atoms with Crippen molar-refractivity contribution in [1.82, 2.24) is 5.43 Å². The largest absolute Gasteiger partial charge is 0.490 e. The molecule has 3 rings (SSSR count). The maximum Gasteiger partial charge on any atom is 0.271 e. The fourth-order valence-corrected chi connectivity index (χ4v) is 3.19. The second-order valence-corrected chi connectivity index (χ2v) is 7.49. The number of nitrogens with zero attached hydrogens (tertiary/aromatic N) is 2. The summed E-state index contributed by atoms with van der Waals surface area (Å²) in [6.45, 7) is 1.56. The summed E-state index contributed by atoms with van der Waals surface area (Å²) in [6, 6.07) is 13.8. The van der Waals surface area contributed by atoms with Gasteiger partial charge in [-0.25, -0.2) is 9.82 Å². The molecule has 0 heterocycles. The van der Waals surface area contributed by atoms with Gasteiger partial charge in [-0.1, -0.05) is 23.7 Å². The molecule has 0 aliphatic heterocycles. The molecular formula is C24H20ClFN4O6. The number of amides is 2. The van der Waals surface area contributed by atoms with Gasteiger partial charge in [0.1, 0.15) is 5.82 Å². The van der Waals surface area contributed by atoms with E-state index in [1.54, 1.807) is 19.1 Å². The minimum absolute atomic E-state index is 0.0181. The molecule has 3 aromatic rings. The number of benzene rings is 3. The number of halogens is 2. The maximum absolute atomic E-state index is 13.7. The lowest BCUT2D eigenvalue weighted by molar-refractivity contribution is -0.384. The van der Waals surface area contributed by atoms with Gasteiger partial charge in [-0.15, -0.1) is 0 Å². The molecule has 0 unspecified atom stereocenters. The molecule has 0 saturated heterocycles. The Morgan fingerprint density at radius 2 is 1.86 bits per heavy atom. The summed E-state index contributed by atoms with van der Waals surface area (Å²) in [4.78, 5) is 34.5. The number of nitro benzene ring substituents is 1. The van der Waals surface area contributed by atoms with Gasteiger partial charge in [-0.05, 0) is 48.9 Å². The van der Waals surface area contributed by atoms with Crippen LogP contribution >= 0.6 is 11.6 Å². The topological polar surface area (TPSA) is 132 Å². The smallest absolute Gasteiger partial charge is 0.271 e. The number of hydrogen-bond acceptors (Lipinski definition) is 7. The quantitative estimate of drug-likeness (QED) is 0.231. The monoisotopic (exact) mass is 514 g/mol. The first kappa shape index (κ1) is 26.1. The molecule has 36 heavy (non-hydrogen) atoms. The van der Waals surface area contributed by atoms with Crippen molar-refractivity contribution in [3.05, 3.63) is 92.7 Å². The molecule has 3 aromatic carbocycles. The van der Waals surface area contributed by atoms with Crippen LogP contribution in [0, 0.1) is 15.9 Å². The van der Waals surface area contributed by atoms with Crippen LogP contribution in [-0.2, 0) is 4.79 Å². The normalized spacial score (nSPS) is 10.6. The Balaban J connectivity index is 1.66. The van der Waals surface area contributed by atoms with Crippen molar-refractivity contribution >= 4 is 41.0 Å². The molecule has 0 radical (unpaired) electrons. The number of carbonyl (C=O) groups excluding carboxylic acids is 2. The third-order valence-electron chi connectivity index (χ3n) is 4.55. The Bertz CT molecular complexity index is 1300. The molecule has 0 saturated carbocycles. The zero-order chi connectivity index (χ0) is 26.1. The Hall–Kier alpha value is -4.51. The van der Waals surface area contributed by atoms with Crippen molar-refractivity contribution in [2.75, 3.05) is 18.5 Å². The van der Waals surface area contributed by atoms with Crippen LogP contribution < -0.4 is 20.2 Å². The molecule has 0 aliphatic rings. The third kappa shape index (κ3) is 7.00.